The highest BCUT2D eigenvalue weighted by atomic mass is 16.6. The number of hydrogen-bond acceptors (Lipinski definition) is 6. The summed E-state index contributed by atoms with van der Waals surface area (Å²) in [5.74, 6) is -0.397. The number of rotatable bonds is 6. The molecule has 1 aromatic carbocycles. The third-order valence-corrected chi connectivity index (χ3v) is 2.39. The molecule has 0 heterocycles. The first-order chi connectivity index (χ1) is 9.03. The van der Waals surface area contributed by atoms with Crippen molar-refractivity contribution >= 4 is 17.9 Å². The molecule has 7 heteroatoms. The predicted molar refractivity (Wildman–Crippen MR) is 65.4 cm³/mol. The zero-order valence-corrected chi connectivity index (χ0v) is 10.5. The van der Waals surface area contributed by atoms with Crippen LogP contribution in [0, 0.1) is 10.1 Å². The summed E-state index contributed by atoms with van der Waals surface area (Å²) in [4.78, 5) is 32.5. The van der Waals surface area contributed by atoms with E-state index in [4.69, 9.17) is 9.47 Å². The fraction of sp³-hybridized carbons (Fsp3) is 0.333. The lowest BCUT2D eigenvalue weighted by atomic mass is 10.1. The third-order valence-electron chi connectivity index (χ3n) is 2.39. The van der Waals surface area contributed by atoms with Crippen LogP contribution in [-0.2, 0) is 16.0 Å². The van der Waals surface area contributed by atoms with Gasteiger partial charge in [0.05, 0.1) is 30.6 Å². The SMILES string of the molecule is CCOC(=O)Cc1cc(OC)c(C=O)cc1[N+](=O)[O-]. The largest absolute Gasteiger partial charge is 0.496 e. The van der Waals surface area contributed by atoms with Crippen LogP contribution in [0.3, 0.4) is 0 Å². The monoisotopic (exact) mass is 267 g/mol. The van der Waals surface area contributed by atoms with Crippen LogP contribution in [0.25, 0.3) is 0 Å². The molecular weight excluding hydrogens is 254 g/mol. The molecule has 7 nitrogen and oxygen atoms in total. The highest BCUT2D eigenvalue weighted by Gasteiger charge is 2.21. The van der Waals surface area contributed by atoms with E-state index in [1.807, 2.05) is 0 Å². The highest BCUT2D eigenvalue weighted by Crippen LogP contribution is 2.28. The topological polar surface area (TPSA) is 95.7 Å². The Hall–Kier alpha value is -2.44. The lowest BCUT2D eigenvalue weighted by molar-refractivity contribution is -0.385. The number of carbonyl (C=O) groups is 2. The summed E-state index contributed by atoms with van der Waals surface area (Å²) in [5, 5.41) is 10.9. The number of methoxy groups -OCH3 is 1. The Bertz CT molecular complexity index is 511. The number of nitro groups is 1. The van der Waals surface area contributed by atoms with Gasteiger partial charge in [-0.3, -0.25) is 19.7 Å². The van der Waals surface area contributed by atoms with Gasteiger partial charge in [0.1, 0.15) is 5.75 Å². The summed E-state index contributed by atoms with van der Waals surface area (Å²) in [7, 11) is 1.34. The zero-order chi connectivity index (χ0) is 14.4. The standard InChI is InChI=1S/C12H13NO6/c1-3-19-12(15)6-8-5-11(18-2)9(7-14)4-10(8)13(16)17/h4-5,7H,3,6H2,1-2H3. The van der Waals surface area contributed by atoms with Crippen molar-refractivity contribution in [1.29, 1.82) is 0 Å². The lowest BCUT2D eigenvalue weighted by Gasteiger charge is -2.08. The number of nitro benzene ring substituents is 1. The normalized spacial score (nSPS) is 9.79. The summed E-state index contributed by atoms with van der Waals surface area (Å²) in [6.07, 6.45) is 0.208. The molecule has 0 aromatic heterocycles. The molecule has 0 spiro atoms. The molecule has 0 saturated carbocycles. The maximum Gasteiger partial charge on any atom is 0.310 e. The van der Waals surface area contributed by atoms with Crippen LogP contribution in [0.15, 0.2) is 12.1 Å². The Morgan fingerprint density at radius 1 is 1.47 bits per heavy atom. The Labute approximate surface area is 109 Å². The summed E-state index contributed by atoms with van der Waals surface area (Å²) in [6.45, 7) is 1.83. The second-order valence-corrected chi connectivity index (χ2v) is 3.58. The lowest BCUT2D eigenvalue weighted by Crippen LogP contribution is -2.10. The summed E-state index contributed by atoms with van der Waals surface area (Å²) in [5.41, 5.74) is -0.108. The molecule has 0 saturated heterocycles. The second-order valence-electron chi connectivity index (χ2n) is 3.58. The minimum Gasteiger partial charge on any atom is -0.496 e. The number of aldehydes is 1. The minimum absolute atomic E-state index is 0.0572. The molecule has 0 atom stereocenters. The number of ether oxygens (including phenoxy) is 2. The summed E-state index contributed by atoms with van der Waals surface area (Å²) < 4.78 is 9.69. The van der Waals surface area contributed by atoms with Crippen LogP contribution in [0.5, 0.6) is 5.75 Å². The summed E-state index contributed by atoms with van der Waals surface area (Å²) >= 11 is 0. The van der Waals surface area contributed by atoms with Crippen molar-refractivity contribution in [2.75, 3.05) is 13.7 Å². The minimum atomic E-state index is -0.652. The molecule has 102 valence electrons. The van der Waals surface area contributed by atoms with Gasteiger partial charge in [-0.05, 0) is 13.0 Å². The van der Waals surface area contributed by atoms with Gasteiger partial charge in [0.25, 0.3) is 5.69 Å². The average molecular weight is 267 g/mol. The fourth-order valence-corrected chi connectivity index (χ4v) is 1.57. The van der Waals surface area contributed by atoms with Crippen LogP contribution < -0.4 is 4.74 Å². The summed E-state index contributed by atoms with van der Waals surface area (Å²) in [6, 6.07) is 2.39. The molecule has 0 aliphatic rings. The number of nitrogens with zero attached hydrogens (tertiary/aromatic N) is 1. The highest BCUT2D eigenvalue weighted by molar-refractivity contribution is 5.83. The molecule has 1 rings (SSSR count). The van der Waals surface area contributed by atoms with Gasteiger partial charge >= 0.3 is 5.97 Å². The average Bonchev–Trinajstić information content (AvgIpc) is 2.38. The van der Waals surface area contributed by atoms with Crippen LogP contribution in [0.4, 0.5) is 5.69 Å². The van der Waals surface area contributed by atoms with Crippen molar-refractivity contribution in [2.24, 2.45) is 0 Å². The van der Waals surface area contributed by atoms with E-state index < -0.39 is 10.9 Å². The number of benzene rings is 1. The van der Waals surface area contributed by atoms with Gasteiger partial charge in [-0.25, -0.2) is 0 Å². The maximum absolute atomic E-state index is 11.4. The Morgan fingerprint density at radius 2 is 2.16 bits per heavy atom. The molecule has 0 aliphatic carbocycles. The predicted octanol–water partition coefficient (Wildman–Crippen LogP) is 1.52. The third kappa shape index (κ3) is 3.51. The Balaban J connectivity index is 3.23. The van der Waals surface area contributed by atoms with E-state index in [0.717, 1.165) is 6.07 Å². The molecule has 0 amide bonds. The molecule has 0 aliphatic heterocycles. The number of hydrogen-bond donors (Lipinski definition) is 0. The van der Waals surface area contributed by atoms with Gasteiger partial charge in [0, 0.05) is 11.6 Å². The van der Waals surface area contributed by atoms with Gasteiger partial charge in [0.2, 0.25) is 0 Å². The second kappa shape index (κ2) is 6.48. The van der Waals surface area contributed by atoms with E-state index in [0.29, 0.717) is 6.29 Å². The Morgan fingerprint density at radius 3 is 2.63 bits per heavy atom. The van der Waals surface area contributed by atoms with Crippen molar-refractivity contribution in [3.8, 4) is 5.75 Å². The van der Waals surface area contributed by atoms with Gasteiger partial charge in [-0.15, -0.1) is 0 Å². The molecule has 0 unspecified atom stereocenters. The van der Waals surface area contributed by atoms with E-state index in [9.17, 15) is 19.7 Å². The number of carbonyl (C=O) groups excluding carboxylic acids is 2. The molecule has 0 N–H and O–H groups in total. The molecule has 19 heavy (non-hydrogen) atoms. The molecule has 0 radical (unpaired) electrons. The van der Waals surface area contributed by atoms with Crippen molar-refractivity contribution in [3.63, 3.8) is 0 Å². The smallest absolute Gasteiger partial charge is 0.310 e. The number of esters is 1. The van der Waals surface area contributed by atoms with Gasteiger partial charge in [0.15, 0.2) is 6.29 Å². The quantitative estimate of drug-likeness (QED) is 0.335. The first-order valence-electron chi connectivity index (χ1n) is 5.49. The molecular formula is C12H13NO6. The fourth-order valence-electron chi connectivity index (χ4n) is 1.57. The first-order valence-corrected chi connectivity index (χ1v) is 5.49. The molecule has 0 fully saturated rings. The van der Waals surface area contributed by atoms with E-state index >= 15 is 0 Å². The molecule has 0 bridgehead atoms. The maximum atomic E-state index is 11.4. The van der Waals surface area contributed by atoms with Crippen molar-refractivity contribution in [3.05, 3.63) is 33.4 Å². The van der Waals surface area contributed by atoms with E-state index in [1.165, 1.54) is 13.2 Å². The van der Waals surface area contributed by atoms with Crippen LogP contribution >= 0.6 is 0 Å². The van der Waals surface area contributed by atoms with Crippen LogP contribution in [0.2, 0.25) is 0 Å². The first kappa shape index (κ1) is 14.6. The van der Waals surface area contributed by atoms with Gasteiger partial charge in [-0.1, -0.05) is 0 Å². The van der Waals surface area contributed by atoms with Crippen molar-refractivity contribution < 1.29 is 24.0 Å². The van der Waals surface area contributed by atoms with Crippen LogP contribution in [-0.4, -0.2) is 30.9 Å². The van der Waals surface area contributed by atoms with Crippen molar-refractivity contribution in [1.82, 2.24) is 0 Å². The van der Waals surface area contributed by atoms with Gasteiger partial charge < -0.3 is 9.47 Å². The zero-order valence-electron chi connectivity index (χ0n) is 10.5. The van der Waals surface area contributed by atoms with E-state index in [1.54, 1.807) is 6.92 Å². The van der Waals surface area contributed by atoms with E-state index in [-0.39, 0.29) is 35.6 Å². The van der Waals surface area contributed by atoms with Crippen molar-refractivity contribution in [2.45, 2.75) is 13.3 Å². The van der Waals surface area contributed by atoms with E-state index in [2.05, 4.69) is 0 Å². The Kier molecular flexibility index (Phi) is 4.99. The van der Waals surface area contributed by atoms with Gasteiger partial charge in [-0.2, -0.15) is 0 Å². The molecule has 1 aromatic rings. The van der Waals surface area contributed by atoms with Crippen LogP contribution in [0.1, 0.15) is 22.8 Å².